The van der Waals surface area contributed by atoms with Gasteiger partial charge >= 0.3 is 6.03 Å². The van der Waals surface area contributed by atoms with Gasteiger partial charge in [-0.25, -0.2) is 14.8 Å². The van der Waals surface area contributed by atoms with Crippen LogP contribution in [0.1, 0.15) is 23.6 Å². The van der Waals surface area contributed by atoms with E-state index in [1.165, 1.54) is 11.2 Å². The molecule has 1 aliphatic rings. The van der Waals surface area contributed by atoms with E-state index in [9.17, 15) is 9.59 Å². The van der Waals surface area contributed by atoms with Crippen molar-refractivity contribution in [3.05, 3.63) is 66.3 Å². The van der Waals surface area contributed by atoms with Crippen LogP contribution in [0.3, 0.4) is 0 Å². The van der Waals surface area contributed by atoms with Crippen molar-refractivity contribution in [1.29, 1.82) is 0 Å². The van der Waals surface area contributed by atoms with Gasteiger partial charge in [0.05, 0.1) is 18.8 Å². The molecule has 9 nitrogen and oxygen atoms in total. The number of benzene rings is 1. The first-order chi connectivity index (χ1) is 13.6. The second-order valence-electron chi connectivity index (χ2n) is 6.54. The molecule has 0 N–H and O–H groups in total. The minimum absolute atomic E-state index is 0.0614. The molecule has 3 heterocycles. The summed E-state index contributed by atoms with van der Waals surface area (Å²) < 4.78 is 1.77. The molecule has 0 aliphatic carbocycles. The molecule has 0 radical (unpaired) electrons. The summed E-state index contributed by atoms with van der Waals surface area (Å²) >= 11 is 0. The Bertz CT molecular complexity index is 1000. The van der Waals surface area contributed by atoms with Crippen molar-refractivity contribution in [3.8, 4) is 5.69 Å². The maximum Gasteiger partial charge on any atom is 0.327 e. The van der Waals surface area contributed by atoms with Crippen molar-refractivity contribution in [3.63, 3.8) is 0 Å². The molecule has 142 valence electrons. The number of urea groups is 1. The lowest BCUT2D eigenvalue weighted by Gasteiger charge is -2.33. The van der Waals surface area contributed by atoms with Crippen LogP contribution < -0.4 is 0 Å². The highest BCUT2D eigenvalue weighted by atomic mass is 16.2. The van der Waals surface area contributed by atoms with Crippen LogP contribution in [0.5, 0.6) is 0 Å². The first kappa shape index (κ1) is 17.8. The monoisotopic (exact) mass is 377 g/mol. The predicted molar refractivity (Wildman–Crippen MR) is 99.1 cm³/mol. The fourth-order valence-corrected chi connectivity index (χ4v) is 3.15. The first-order valence-corrected chi connectivity index (χ1v) is 8.93. The van der Waals surface area contributed by atoms with E-state index < -0.39 is 0 Å². The molecule has 9 heteroatoms. The van der Waals surface area contributed by atoms with Crippen LogP contribution in [0.4, 0.5) is 4.79 Å². The summed E-state index contributed by atoms with van der Waals surface area (Å²) in [5, 5.41) is 8.05. The maximum absolute atomic E-state index is 12.9. The zero-order chi connectivity index (χ0) is 19.5. The standard InChI is InChI=1S/C19H19N7O2/c1-14-9-15(21-12-20-14)10-24-8-7-18(27)25(19(24)28)11-17-23-22-13-26(17)16-5-3-2-4-6-16/h2-6,9,12-13H,7-8,10-11H2,1H3. The zero-order valence-electron chi connectivity index (χ0n) is 15.4. The maximum atomic E-state index is 12.9. The number of hydrogen-bond acceptors (Lipinski definition) is 6. The number of hydrogen-bond donors (Lipinski definition) is 0. The summed E-state index contributed by atoms with van der Waals surface area (Å²) in [5.74, 6) is 0.301. The molecular weight excluding hydrogens is 358 g/mol. The number of amides is 3. The smallest absolute Gasteiger partial charge is 0.318 e. The minimum atomic E-state index is -0.352. The fourth-order valence-electron chi connectivity index (χ4n) is 3.15. The lowest BCUT2D eigenvalue weighted by atomic mass is 10.2. The molecule has 4 rings (SSSR count). The van der Waals surface area contributed by atoms with Gasteiger partial charge in [0.15, 0.2) is 5.82 Å². The number of imide groups is 1. The van der Waals surface area contributed by atoms with Gasteiger partial charge in [0.25, 0.3) is 0 Å². The Hall–Kier alpha value is -3.62. The van der Waals surface area contributed by atoms with Crippen LogP contribution in [0.25, 0.3) is 5.69 Å². The highest BCUT2D eigenvalue weighted by molar-refractivity contribution is 5.96. The lowest BCUT2D eigenvalue weighted by molar-refractivity contribution is -0.131. The Morgan fingerprint density at radius 1 is 1.07 bits per heavy atom. The van der Waals surface area contributed by atoms with Crippen molar-refractivity contribution in [2.24, 2.45) is 0 Å². The average molecular weight is 377 g/mol. The van der Waals surface area contributed by atoms with Crippen molar-refractivity contribution < 1.29 is 9.59 Å². The Labute approximate surface area is 161 Å². The molecule has 0 saturated carbocycles. The summed E-state index contributed by atoms with van der Waals surface area (Å²) in [6, 6.07) is 11.0. The molecule has 2 aromatic heterocycles. The van der Waals surface area contributed by atoms with Gasteiger partial charge in [0, 0.05) is 24.3 Å². The van der Waals surface area contributed by atoms with E-state index in [-0.39, 0.29) is 24.9 Å². The Morgan fingerprint density at radius 3 is 2.68 bits per heavy atom. The molecule has 1 fully saturated rings. The second-order valence-corrected chi connectivity index (χ2v) is 6.54. The average Bonchev–Trinajstić information content (AvgIpc) is 3.16. The molecule has 0 bridgehead atoms. The van der Waals surface area contributed by atoms with E-state index in [1.54, 1.807) is 15.8 Å². The van der Waals surface area contributed by atoms with Crippen LogP contribution in [-0.2, 0) is 17.9 Å². The molecule has 3 amide bonds. The molecule has 0 spiro atoms. The highest BCUT2D eigenvalue weighted by Gasteiger charge is 2.33. The van der Waals surface area contributed by atoms with E-state index in [4.69, 9.17) is 0 Å². The normalized spacial score (nSPS) is 14.6. The molecule has 1 saturated heterocycles. The molecule has 28 heavy (non-hydrogen) atoms. The summed E-state index contributed by atoms with van der Waals surface area (Å²) in [7, 11) is 0. The zero-order valence-corrected chi connectivity index (χ0v) is 15.4. The van der Waals surface area contributed by atoms with Gasteiger partial charge in [-0.15, -0.1) is 10.2 Å². The highest BCUT2D eigenvalue weighted by Crippen LogP contribution is 2.18. The summed E-state index contributed by atoms with van der Waals surface area (Å²) in [4.78, 5) is 36.5. The van der Waals surface area contributed by atoms with Crippen LogP contribution >= 0.6 is 0 Å². The summed E-state index contributed by atoms with van der Waals surface area (Å²) in [6.45, 7) is 2.63. The van der Waals surface area contributed by atoms with Crippen molar-refractivity contribution in [2.45, 2.75) is 26.4 Å². The van der Waals surface area contributed by atoms with E-state index >= 15 is 0 Å². The molecule has 1 aromatic carbocycles. The number of carbonyl (C=O) groups is 2. The third-order valence-electron chi connectivity index (χ3n) is 4.56. The van der Waals surface area contributed by atoms with Gasteiger partial charge < -0.3 is 4.90 Å². The first-order valence-electron chi connectivity index (χ1n) is 8.93. The van der Waals surface area contributed by atoms with E-state index in [1.807, 2.05) is 43.3 Å². The number of aromatic nitrogens is 5. The Balaban J connectivity index is 1.54. The van der Waals surface area contributed by atoms with Gasteiger partial charge in [-0.05, 0) is 25.1 Å². The van der Waals surface area contributed by atoms with E-state index in [2.05, 4.69) is 20.2 Å². The quantitative estimate of drug-likeness (QED) is 0.672. The minimum Gasteiger partial charge on any atom is -0.318 e. The Morgan fingerprint density at radius 2 is 1.89 bits per heavy atom. The van der Waals surface area contributed by atoms with Crippen molar-refractivity contribution in [2.75, 3.05) is 6.54 Å². The molecular formula is C19H19N7O2. The number of para-hydroxylation sites is 1. The fraction of sp³-hybridized carbons (Fsp3) is 0.263. The third-order valence-corrected chi connectivity index (χ3v) is 4.56. The Kier molecular flexibility index (Phi) is 4.79. The molecule has 0 unspecified atom stereocenters. The number of rotatable bonds is 5. The molecule has 3 aromatic rings. The van der Waals surface area contributed by atoms with Crippen LogP contribution in [0.15, 0.2) is 49.1 Å². The van der Waals surface area contributed by atoms with Gasteiger partial charge in [-0.2, -0.15) is 0 Å². The van der Waals surface area contributed by atoms with Crippen molar-refractivity contribution in [1.82, 2.24) is 34.5 Å². The van der Waals surface area contributed by atoms with Crippen LogP contribution in [0, 0.1) is 6.92 Å². The molecule has 0 atom stereocenters. The van der Waals surface area contributed by atoms with Crippen LogP contribution in [0.2, 0.25) is 0 Å². The van der Waals surface area contributed by atoms with Crippen molar-refractivity contribution >= 4 is 11.9 Å². The van der Waals surface area contributed by atoms with E-state index in [0.29, 0.717) is 18.9 Å². The topological polar surface area (TPSA) is 97.1 Å². The van der Waals surface area contributed by atoms with Gasteiger partial charge in [0.1, 0.15) is 12.7 Å². The van der Waals surface area contributed by atoms with E-state index in [0.717, 1.165) is 17.1 Å². The van der Waals surface area contributed by atoms with Gasteiger partial charge in [0.2, 0.25) is 5.91 Å². The largest absolute Gasteiger partial charge is 0.327 e. The second kappa shape index (κ2) is 7.55. The third kappa shape index (κ3) is 3.59. The van der Waals surface area contributed by atoms with Crippen LogP contribution in [-0.4, -0.2) is 53.0 Å². The molecule has 1 aliphatic heterocycles. The number of nitrogens with zero attached hydrogens (tertiary/aromatic N) is 7. The number of aryl methyl sites for hydroxylation is 1. The predicted octanol–water partition coefficient (Wildman–Crippen LogP) is 1.72. The summed E-state index contributed by atoms with van der Waals surface area (Å²) in [6.07, 6.45) is 3.31. The summed E-state index contributed by atoms with van der Waals surface area (Å²) in [5.41, 5.74) is 2.44. The lowest BCUT2D eigenvalue weighted by Crippen LogP contribution is -2.51. The van der Waals surface area contributed by atoms with Gasteiger partial charge in [-0.3, -0.25) is 14.3 Å². The SMILES string of the molecule is Cc1cc(CN2CCC(=O)N(Cc3nncn3-c3ccccc3)C2=O)ncn1. The van der Waals surface area contributed by atoms with Gasteiger partial charge in [-0.1, -0.05) is 18.2 Å². The number of carbonyl (C=O) groups excluding carboxylic acids is 2.